The molecule has 0 bridgehead atoms. The quantitative estimate of drug-likeness (QED) is 0.333. The van der Waals surface area contributed by atoms with Gasteiger partial charge in [-0.15, -0.1) is 0 Å². The monoisotopic (exact) mass is 350 g/mol. The van der Waals surface area contributed by atoms with Gasteiger partial charge in [-0.2, -0.15) is 0 Å². The first-order chi connectivity index (χ1) is 9.40. The molecule has 23 heavy (non-hydrogen) atoms. The Bertz CT molecular complexity index is 511. The van der Waals surface area contributed by atoms with Crippen molar-refractivity contribution in [3.63, 3.8) is 0 Å². The van der Waals surface area contributed by atoms with E-state index >= 15 is 0 Å². The zero-order chi connectivity index (χ0) is 15.1. The fourth-order valence-corrected chi connectivity index (χ4v) is 1.52. The van der Waals surface area contributed by atoms with Crippen molar-refractivity contribution < 1.29 is 123 Å². The summed E-state index contributed by atoms with van der Waals surface area (Å²) < 4.78 is 4.91. The standard InChI is InChI=1S/C12H13NO7.3Na/c14-10(15)5-13(6-11(16)17)8-3-1-2-4-9(8)20-7-12(18)19;;;/h1-4H,5-7H2,(H,14,15)(H,16,17)(H,18,19);;;/q;3*+1/p-3/i13+1;;;. The molecule has 0 unspecified atom stereocenters. The Balaban J connectivity index is -0.00000133. The van der Waals surface area contributed by atoms with E-state index in [0.717, 1.165) is 4.90 Å². The third-order valence-electron chi connectivity index (χ3n) is 2.19. The molecule has 0 heterocycles. The number of carbonyl (C=O) groups excluding carboxylic acids is 3. The van der Waals surface area contributed by atoms with Crippen molar-refractivity contribution in [3.8, 4) is 5.75 Å². The number of hydrogen-bond acceptors (Lipinski definition) is 8. The van der Waals surface area contributed by atoms with Gasteiger partial charge in [0, 0.05) is 0 Å². The summed E-state index contributed by atoms with van der Waals surface area (Å²) in [5.74, 6) is -4.45. The van der Waals surface area contributed by atoms with Gasteiger partial charge in [0.1, 0.15) is 12.4 Å². The number of ether oxygens (including phenoxy) is 1. The molecule has 0 atom stereocenters. The molecule has 0 saturated carbocycles. The van der Waals surface area contributed by atoms with Crippen LogP contribution in [0.25, 0.3) is 0 Å². The second-order valence-electron chi connectivity index (χ2n) is 3.73. The average molecular weight is 350 g/mol. The van der Waals surface area contributed by atoms with Gasteiger partial charge in [0.2, 0.25) is 0 Å². The van der Waals surface area contributed by atoms with E-state index in [1.54, 1.807) is 0 Å². The molecule has 0 aliphatic rings. The first-order valence-corrected chi connectivity index (χ1v) is 5.46. The van der Waals surface area contributed by atoms with Gasteiger partial charge in [-0.05, 0) is 12.1 Å². The van der Waals surface area contributed by atoms with Gasteiger partial charge in [-0.1, -0.05) is 12.1 Å². The van der Waals surface area contributed by atoms with Crippen molar-refractivity contribution in [2.75, 3.05) is 24.6 Å². The van der Waals surface area contributed by atoms with Gasteiger partial charge in [-0.25, -0.2) is 0 Å². The normalized spacial score (nSPS) is 8.52. The molecule has 1 aromatic carbocycles. The maximum Gasteiger partial charge on any atom is 1.00 e. The van der Waals surface area contributed by atoms with Crippen LogP contribution in [0, 0.1) is 0 Å². The van der Waals surface area contributed by atoms with Crippen LogP contribution in [0.4, 0.5) is 5.69 Å². The summed E-state index contributed by atoms with van der Waals surface area (Å²) in [7, 11) is 0. The van der Waals surface area contributed by atoms with Crippen LogP contribution < -0.4 is 114 Å². The molecule has 8 nitrogen and oxygen atoms in total. The van der Waals surface area contributed by atoms with E-state index in [9.17, 15) is 29.7 Å². The van der Waals surface area contributed by atoms with Crippen LogP contribution >= 0.6 is 0 Å². The molecule has 108 valence electrons. The topological polar surface area (TPSA) is 133 Å². The Morgan fingerprint density at radius 3 is 1.78 bits per heavy atom. The predicted molar refractivity (Wildman–Crippen MR) is 59.2 cm³/mol. The number of para-hydroxylation sites is 2. The number of carbonyl (C=O) groups is 3. The van der Waals surface area contributed by atoms with Crippen LogP contribution in [0.3, 0.4) is 0 Å². The van der Waals surface area contributed by atoms with E-state index in [1.165, 1.54) is 24.3 Å². The van der Waals surface area contributed by atoms with Crippen molar-refractivity contribution >= 4 is 23.6 Å². The molecule has 0 fully saturated rings. The van der Waals surface area contributed by atoms with Crippen LogP contribution in [0.1, 0.15) is 0 Å². The summed E-state index contributed by atoms with van der Waals surface area (Å²) >= 11 is 0. The molecule has 1 rings (SSSR count). The smallest absolute Gasteiger partial charge is 0.548 e. The number of benzene rings is 1. The Hall–Kier alpha value is 0.230. The van der Waals surface area contributed by atoms with Gasteiger partial charge in [0.15, 0.2) is 0 Å². The SMILES string of the molecule is O=C([O-])COc1ccccc1[15N](CC(=O)[O-])CC(=O)[O-].[Na+].[Na+].[Na+]. The first kappa shape index (κ1) is 28.1. The van der Waals surface area contributed by atoms with E-state index in [-0.39, 0.29) is 100 Å². The molecular formula is C12H10NNa3O7. The van der Waals surface area contributed by atoms with Crippen molar-refractivity contribution in [2.45, 2.75) is 0 Å². The number of anilines is 1. The molecule has 0 radical (unpaired) electrons. The van der Waals surface area contributed by atoms with Crippen LogP contribution in [-0.4, -0.2) is 37.6 Å². The Morgan fingerprint density at radius 2 is 1.35 bits per heavy atom. The fourth-order valence-electron chi connectivity index (χ4n) is 1.52. The molecule has 0 aliphatic heterocycles. The van der Waals surface area contributed by atoms with E-state index in [0.29, 0.717) is 0 Å². The number of carboxylic acid groups (broad SMARTS) is 3. The second-order valence-corrected chi connectivity index (χ2v) is 3.73. The average Bonchev–Trinajstić information content (AvgIpc) is 2.34. The number of hydrogen-bond donors (Lipinski definition) is 0. The first-order valence-electron chi connectivity index (χ1n) is 5.46. The second kappa shape index (κ2) is 14.6. The summed E-state index contributed by atoms with van der Waals surface area (Å²) in [6.45, 7) is -2.17. The molecule has 0 N–H and O–H groups in total. The molecule has 1 aromatic rings. The molecule has 0 amide bonds. The minimum absolute atomic E-state index is 0. The third kappa shape index (κ3) is 11.4. The molecule has 0 aliphatic carbocycles. The Kier molecular flexibility index (Phi) is 17.8. The number of nitrogens with zero attached hydrogens (tertiary/aromatic N) is 1. The third-order valence-corrected chi connectivity index (χ3v) is 2.19. The van der Waals surface area contributed by atoms with Gasteiger partial charge in [-0.3, -0.25) is 0 Å². The minimum atomic E-state index is -1.50. The summed E-state index contributed by atoms with van der Waals surface area (Å²) in [5.41, 5.74) is 0.0992. The zero-order valence-electron chi connectivity index (χ0n) is 13.2. The van der Waals surface area contributed by atoms with Crippen molar-refractivity contribution in [1.82, 2.24) is 0 Å². The molecular weight excluding hydrogens is 340 g/mol. The summed E-state index contributed by atoms with van der Waals surface area (Å²) in [6, 6.07) is 5.79. The van der Waals surface area contributed by atoms with Crippen molar-refractivity contribution in [2.24, 2.45) is 0 Å². The summed E-state index contributed by atoms with van der Waals surface area (Å²) in [5, 5.41) is 31.6. The number of aliphatic carboxylic acids is 3. The molecule has 0 spiro atoms. The van der Waals surface area contributed by atoms with E-state index < -0.39 is 37.6 Å². The van der Waals surface area contributed by atoms with Gasteiger partial charge < -0.3 is 39.3 Å². The van der Waals surface area contributed by atoms with E-state index in [2.05, 4.69) is 0 Å². The van der Waals surface area contributed by atoms with Crippen LogP contribution in [0.2, 0.25) is 0 Å². The van der Waals surface area contributed by atoms with E-state index in [4.69, 9.17) is 4.74 Å². The van der Waals surface area contributed by atoms with Crippen molar-refractivity contribution in [3.05, 3.63) is 24.3 Å². The number of rotatable bonds is 8. The predicted octanol–water partition coefficient (Wildman–Crippen LogP) is -12.9. The molecule has 0 aromatic heterocycles. The Labute approximate surface area is 199 Å². The van der Waals surface area contributed by atoms with Gasteiger partial charge in [0.25, 0.3) is 0 Å². The molecule has 0 saturated heterocycles. The molecule has 11 heteroatoms. The van der Waals surface area contributed by atoms with Gasteiger partial charge >= 0.3 is 88.7 Å². The minimum Gasteiger partial charge on any atom is -0.548 e. The zero-order valence-corrected chi connectivity index (χ0v) is 19.2. The van der Waals surface area contributed by atoms with Gasteiger partial charge in [0.05, 0.1) is 36.7 Å². The summed E-state index contributed by atoms with van der Waals surface area (Å²) in [4.78, 5) is 32.5. The van der Waals surface area contributed by atoms with E-state index in [1.807, 2.05) is 0 Å². The van der Waals surface area contributed by atoms with Crippen LogP contribution in [0.15, 0.2) is 24.3 Å². The number of carboxylic acids is 3. The maximum atomic E-state index is 10.6. The largest absolute Gasteiger partial charge is 1.00 e. The van der Waals surface area contributed by atoms with Crippen LogP contribution in [0.5, 0.6) is 5.75 Å². The maximum absolute atomic E-state index is 10.6. The Morgan fingerprint density at radius 1 is 0.870 bits per heavy atom. The van der Waals surface area contributed by atoms with Crippen molar-refractivity contribution in [1.29, 1.82) is 0 Å². The van der Waals surface area contributed by atoms with Crippen LogP contribution in [-0.2, 0) is 14.4 Å². The summed E-state index contributed by atoms with van der Waals surface area (Å²) in [6.07, 6.45) is 0. The fraction of sp³-hybridized carbons (Fsp3) is 0.250.